The van der Waals surface area contributed by atoms with Crippen LogP contribution in [0.25, 0.3) is 0 Å². The van der Waals surface area contributed by atoms with Crippen LogP contribution in [0.4, 0.5) is 0 Å². The largest absolute Gasteiger partial charge is 0.497 e. The van der Waals surface area contributed by atoms with Crippen LogP contribution >= 0.6 is 0 Å². The average molecular weight is 350 g/mol. The number of carbonyl (C=O) groups is 2. The van der Waals surface area contributed by atoms with Crippen molar-refractivity contribution in [2.75, 3.05) is 13.7 Å². The van der Waals surface area contributed by atoms with Gasteiger partial charge in [0, 0.05) is 12.0 Å². The van der Waals surface area contributed by atoms with Crippen LogP contribution in [-0.2, 0) is 4.79 Å². The van der Waals surface area contributed by atoms with E-state index in [0.717, 1.165) is 12.8 Å². The van der Waals surface area contributed by atoms with Crippen LogP contribution in [0.5, 0.6) is 5.75 Å². The number of methoxy groups -OCH3 is 1. The molecule has 6 nitrogen and oxygen atoms in total. The minimum absolute atomic E-state index is 0.00540. The SMILES string of the molecule is CCCCCCCCNC(CC(=O)c1ccc(OC)cc1)C(=O)NO. The van der Waals surface area contributed by atoms with Gasteiger partial charge >= 0.3 is 0 Å². The number of nitrogens with one attached hydrogen (secondary N) is 2. The van der Waals surface area contributed by atoms with E-state index in [1.54, 1.807) is 36.9 Å². The lowest BCUT2D eigenvalue weighted by Gasteiger charge is -2.16. The summed E-state index contributed by atoms with van der Waals surface area (Å²) in [5.74, 6) is -0.0815. The van der Waals surface area contributed by atoms with Crippen LogP contribution in [0.3, 0.4) is 0 Å². The lowest BCUT2D eigenvalue weighted by atomic mass is 10.0. The van der Waals surface area contributed by atoms with Crippen molar-refractivity contribution < 1.29 is 19.5 Å². The lowest BCUT2D eigenvalue weighted by molar-refractivity contribution is -0.131. The van der Waals surface area contributed by atoms with E-state index in [1.807, 2.05) is 0 Å². The quantitative estimate of drug-likeness (QED) is 0.220. The fourth-order valence-corrected chi connectivity index (χ4v) is 2.60. The summed E-state index contributed by atoms with van der Waals surface area (Å²) < 4.78 is 5.07. The third-order valence-corrected chi connectivity index (χ3v) is 4.15. The van der Waals surface area contributed by atoms with Gasteiger partial charge in [-0.05, 0) is 37.2 Å². The minimum Gasteiger partial charge on any atom is -0.497 e. The molecule has 25 heavy (non-hydrogen) atoms. The Balaban J connectivity index is 2.46. The highest BCUT2D eigenvalue weighted by atomic mass is 16.5. The Bertz CT molecular complexity index is 517. The molecule has 1 aromatic rings. The van der Waals surface area contributed by atoms with Gasteiger partial charge in [0.05, 0.1) is 13.2 Å². The first kappa shape index (κ1) is 21.1. The van der Waals surface area contributed by atoms with Crippen molar-refractivity contribution in [1.29, 1.82) is 0 Å². The molecule has 0 heterocycles. The molecule has 0 radical (unpaired) electrons. The maximum Gasteiger partial charge on any atom is 0.260 e. The molecule has 140 valence electrons. The van der Waals surface area contributed by atoms with Crippen LogP contribution in [0.1, 0.15) is 62.2 Å². The molecule has 1 aromatic carbocycles. The van der Waals surface area contributed by atoms with E-state index in [4.69, 9.17) is 9.94 Å². The fraction of sp³-hybridized carbons (Fsp3) is 0.579. The van der Waals surface area contributed by atoms with Gasteiger partial charge in [-0.3, -0.25) is 14.8 Å². The van der Waals surface area contributed by atoms with E-state index < -0.39 is 11.9 Å². The number of ether oxygens (including phenoxy) is 1. The summed E-state index contributed by atoms with van der Waals surface area (Å²) in [5, 5.41) is 12.0. The molecule has 0 aliphatic heterocycles. The number of amides is 1. The molecule has 6 heteroatoms. The number of hydroxylamine groups is 1. The second kappa shape index (κ2) is 12.4. The van der Waals surface area contributed by atoms with Crippen molar-refractivity contribution in [1.82, 2.24) is 10.8 Å². The zero-order chi connectivity index (χ0) is 18.5. The standard InChI is InChI=1S/C19H30N2O4/c1-3-4-5-6-7-8-13-20-17(19(23)21-24)14-18(22)15-9-11-16(25-2)12-10-15/h9-12,17,20,24H,3-8,13-14H2,1-2H3,(H,21,23). The summed E-state index contributed by atoms with van der Waals surface area (Å²) >= 11 is 0. The second-order valence-corrected chi connectivity index (χ2v) is 6.11. The third-order valence-electron chi connectivity index (χ3n) is 4.15. The van der Waals surface area contributed by atoms with E-state index in [0.29, 0.717) is 17.9 Å². The van der Waals surface area contributed by atoms with Crippen molar-refractivity contribution in [3.63, 3.8) is 0 Å². The third kappa shape index (κ3) is 8.14. The summed E-state index contributed by atoms with van der Waals surface area (Å²) in [6, 6.07) is 6.01. The average Bonchev–Trinajstić information content (AvgIpc) is 2.65. The Hall–Kier alpha value is -1.92. The Morgan fingerprint density at radius 2 is 1.72 bits per heavy atom. The molecule has 1 atom stereocenters. The zero-order valence-electron chi connectivity index (χ0n) is 15.2. The number of hydrogen-bond acceptors (Lipinski definition) is 5. The van der Waals surface area contributed by atoms with Gasteiger partial charge in [-0.25, -0.2) is 5.48 Å². The van der Waals surface area contributed by atoms with Gasteiger partial charge in [-0.15, -0.1) is 0 Å². The topological polar surface area (TPSA) is 87.7 Å². The molecule has 0 saturated carbocycles. The monoisotopic (exact) mass is 350 g/mol. The zero-order valence-corrected chi connectivity index (χ0v) is 15.2. The second-order valence-electron chi connectivity index (χ2n) is 6.11. The van der Waals surface area contributed by atoms with E-state index in [9.17, 15) is 9.59 Å². The van der Waals surface area contributed by atoms with E-state index >= 15 is 0 Å². The van der Waals surface area contributed by atoms with Gasteiger partial charge in [-0.2, -0.15) is 0 Å². The first-order chi connectivity index (χ1) is 12.1. The molecule has 0 aliphatic carbocycles. The van der Waals surface area contributed by atoms with Gasteiger partial charge < -0.3 is 10.1 Å². The Morgan fingerprint density at radius 1 is 1.08 bits per heavy atom. The fourth-order valence-electron chi connectivity index (χ4n) is 2.60. The minimum atomic E-state index is -0.741. The predicted molar refractivity (Wildman–Crippen MR) is 97.0 cm³/mol. The van der Waals surface area contributed by atoms with Crippen LogP contribution in [0, 0.1) is 0 Å². The Morgan fingerprint density at radius 3 is 2.32 bits per heavy atom. The lowest BCUT2D eigenvalue weighted by Crippen LogP contribution is -2.44. The number of unbranched alkanes of at least 4 members (excludes halogenated alkanes) is 5. The molecule has 0 bridgehead atoms. The van der Waals surface area contributed by atoms with E-state index in [-0.39, 0.29) is 12.2 Å². The molecule has 1 amide bonds. The number of ketones is 1. The summed E-state index contributed by atoms with van der Waals surface area (Å²) in [6.45, 7) is 2.82. The summed E-state index contributed by atoms with van der Waals surface area (Å²) in [5.41, 5.74) is 2.15. The van der Waals surface area contributed by atoms with Crippen LogP contribution in [0.2, 0.25) is 0 Å². The highest BCUT2D eigenvalue weighted by Gasteiger charge is 2.21. The maximum atomic E-state index is 12.3. The Kier molecular flexibility index (Phi) is 10.5. The number of Topliss-reactive ketones (excluding diaryl/α,β-unsaturated/α-hetero) is 1. The van der Waals surface area contributed by atoms with Crippen molar-refractivity contribution in [2.45, 2.75) is 57.9 Å². The molecule has 0 spiro atoms. The number of benzene rings is 1. The molecule has 1 unspecified atom stereocenters. The summed E-state index contributed by atoms with van der Waals surface area (Å²) in [6.07, 6.45) is 6.89. The molecular weight excluding hydrogens is 320 g/mol. The number of hydrogen-bond donors (Lipinski definition) is 3. The normalized spacial score (nSPS) is 11.8. The van der Waals surface area contributed by atoms with Gasteiger partial charge in [0.25, 0.3) is 5.91 Å². The first-order valence-corrected chi connectivity index (χ1v) is 8.97. The highest BCUT2D eigenvalue weighted by molar-refractivity contribution is 5.99. The smallest absolute Gasteiger partial charge is 0.260 e. The van der Waals surface area contributed by atoms with Crippen LogP contribution in [-0.4, -0.2) is 36.6 Å². The summed E-state index contributed by atoms with van der Waals surface area (Å²) in [4.78, 5) is 24.1. The van der Waals surface area contributed by atoms with Crippen LogP contribution < -0.4 is 15.5 Å². The highest BCUT2D eigenvalue weighted by Crippen LogP contribution is 2.13. The maximum absolute atomic E-state index is 12.3. The van der Waals surface area contributed by atoms with Gasteiger partial charge in [-0.1, -0.05) is 39.0 Å². The molecule has 3 N–H and O–H groups in total. The van der Waals surface area contributed by atoms with Crippen molar-refractivity contribution in [2.24, 2.45) is 0 Å². The van der Waals surface area contributed by atoms with Crippen LogP contribution in [0.15, 0.2) is 24.3 Å². The van der Waals surface area contributed by atoms with Crippen molar-refractivity contribution >= 4 is 11.7 Å². The van der Waals surface area contributed by atoms with E-state index in [2.05, 4.69) is 12.2 Å². The predicted octanol–water partition coefficient (Wildman–Crippen LogP) is 3.09. The summed E-state index contributed by atoms with van der Waals surface area (Å²) in [7, 11) is 1.56. The molecule has 0 aromatic heterocycles. The van der Waals surface area contributed by atoms with Crippen molar-refractivity contribution in [3.8, 4) is 5.75 Å². The number of carbonyl (C=O) groups excluding carboxylic acids is 2. The van der Waals surface area contributed by atoms with Gasteiger partial charge in [0.2, 0.25) is 0 Å². The first-order valence-electron chi connectivity index (χ1n) is 8.97. The molecule has 0 saturated heterocycles. The Labute approximate surface area is 149 Å². The van der Waals surface area contributed by atoms with Crippen molar-refractivity contribution in [3.05, 3.63) is 29.8 Å². The molecule has 0 aliphatic rings. The van der Waals surface area contributed by atoms with Gasteiger partial charge in [0.15, 0.2) is 5.78 Å². The molecular formula is C19H30N2O4. The van der Waals surface area contributed by atoms with E-state index in [1.165, 1.54) is 25.7 Å². The molecule has 0 fully saturated rings. The molecule has 1 rings (SSSR count). The number of rotatable bonds is 13. The van der Waals surface area contributed by atoms with Gasteiger partial charge in [0.1, 0.15) is 5.75 Å².